The summed E-state index contributed by atoms with van der Waals surface area (Å²) in [6.07, 6.45) is 5.32. The van der Waals surface area contributed by atoms with E-state index in [0.29, 0.717) is 23.9 Å². The van der Waals surface area contributed by atoms with Gasteiger partial charge in [0.25, 0.3) is 0 Å². The van der Waals surface area contributed by atoms with Crippen molar-refractivity contribution < 1.29 is 8.42 Å². The molecule has 0 aliphatic carbocycles. The zero-order valence-electron chi connectivity index (χ0n) is 15.1. The van der Waals surface area contributed by atoms with Crippen LogP contribution in [0.25, 0.3) is 0 Å². The molecule has 1 unspecified atom stereocenters. The Labute approximate surface area is 146 Å². The molecule has 1 rings (SSSR count). The summed E-state index contributed by atoms with van der Waals surface area (Å²) in [5.74, 6) is 0.865. The average Bonchev–Trinajstić information content (AvgIpc) is 2.58. The number of guanidine groups is 1. The maximum Gasteiger partial charge on any atom is 0.191 e. The molecule has 5 nitrogen and oxygen atoms in total. The van der Waals surface area contributed by atoms with Crippen LogP contribution in [0.4, 0.5) is 0 Å². The second kappa shape index (κ2) is 11.1. The molecule has 0 spiro atoms. The summed E-state index contributed by atoms with van der Waals surface area (Å²) in [6.45, 7) is 4.91. The van der Waals surface area contributed by atoms with Crippen molar-refractivity contribution in [2.75, 3.05) is 19.3 Å². The number of hydrogen-bond acceptors (Lipinski definition) is 3. The first-order valence-corrected chi connectivity index (χ1v) is 10.4. The fourth-order valence-electron chi connectivity index (χ4n) is 2.42. The number of benzene rings is 1. The van der Waals surface area contributed by atoms with Gasteiger partial charge in [0.1, 0.15) is 0 Å². The van der Waals surface area contributed by atoms with Gasteiger partial charge in [-0.05, 0) is 31.9 Å². The van der Waals surface area contributed by atoms with Crippen LogP contribution in [0.5, 0.6) is 0 Å². The molecule has 24 heavy (non-hydrogen) atoms. The highest BCUT2D eigenvalue weighted by Gasteiger charge is 2.13. The normalized spacial score (nSPS) is 13.5. The molecule has 0 aliphatic heterocycles. The van der Waals surface area contributed by atoms with E-state index in [1.807, 2.05) is 6.07 Å². The molecule has 0 heterocycles. The number of sulfone groups is 1. The van der Waals surface area contributed by atoms with Crippen LogP contribution in [0.3, 0.4) is 0 Å². The number of aliphatic imine (C=N–C) groups is 1. The first-order chi connectivity index (χ1) is 11.5. The molecule has 0 saturated carbocycles. The Morgan fingerprint density at radius 2 is 1.88 bits per heavy atom. The molecule has 6 heteroatoms. The highest BCUT2D eigenvalue weighted by Crippen LogP contribution is 2.10. The van der Waals surface area contributed by atoms with Crippen LogP contribution >= 0.6 is 0 Å². The van der Waals surface area contributed by atoms with Gasteiger partial charge < -0.3 is 10.6 Å². The van der Waals surface area contributed by atoms with Gasteiger partial charge in [-0.25, -0.2) is 8.42 Å². The van der Waals surface area contributed by atoms with Crippen LogP contribution in [-0.2, 0) is 9.84 Å². The predicted molar refractivity (Wildman–Crippen MR) is 101 cm³/mol. The molecule has 0 aromatic heterocycles. The van der Waals surface area contributed by atoms with Gasteiger partial charge in [0.2, 0.25) is 0 Å². The molecule has 1 aromatic rings. The second-order valence-corrected chi connectivity index (χ2v) is 8.13. The lowest BCUT2D eigenvalue weighted by molar-refractivity contribution is 0.546. The Balaban J connectivity index is 2.32. The molecule has 136 valence electrons. The predicted octanol–water partition coefficient (Wildman–Crippen LogP) is 2.98. The molecular weight excluding hydrogens is 322 g/mol. The molecule has 1 aromatic carbocycles. The highest BCUT2D eigenvalue weighted by molar-refractivity contribution is 7.91. The minimum absolute atomic E-state index is 0.132. The Kier molecular flexibility index (Phi) is 9.45. The molecule has 2 N–H and O–H groups in total. The minimum atomic E-state index is -3.20. The molecule has 0 aliphatic rings. The quantitative estimate of drug-likeness (QED) is 0.385. The van der Waals surface area contributed by atoms with Crippen LogP contribution in [0.15, 0.2) is 40.2 Å². The lowest BCUT2D eigenvalue weighted by Gasteiger charge is -2.17. The number of rotatable bonds is 10. The van der Waals surface area contributed by atoms with Gasteiger partial charge in [-0.2, -0.15) is 0 Å². The summed E-state index contributed by atoms with van der Waals surface area (Å²) in [7, 11) is -1.47. The van der Waals surface area contributed by atoms with Crippen molar-refractivity contribution in [3.05, 3.63) is 30.3 Å². The SMILES string of the molecule is CCCCCC(C)NC(=NC)NCCCS(=O)(=O)c1ccccc1. The van der Waals surface area contributed by atoms with Crippen molar-refractivity contribution in [3.8, 4) is 0 Å². The number of nitrogens with one attached hydrogen (secondary N) is 2. The van der Waals surface area contributed by atoms with Gasteiger partial charge >= 0.3 is 0 Å². The summed E-state index contributed by atoms with van der Waals surface area (Å²) >= 11 is 0. The Morgan fingerprint density at radius 1 is 1.17 bits per heavy atom. The zero-order chi connectivity index (χ0) is 17.8. The van der Waals surface area contributed by atoms with Gasteiger partial charge in [0.05, 0.1) is 10.6 Å². The third kappa shape index (κ3) is 7.81. The van der Waals surface area contributed by atoms with Gasteiger partial charge in [-0.1, -0.05) is 44.4 Å². The summed E-state index contributed by atoms with van der Waals surface area (Å²) in [5, 5.41) is 6.53. The monoisotopic (exact) mass is 353 g/mol. The Hall–Kier alpha value is -1.56. The molecule has 0 bridgehead atoms. The van der Waals surface area contributed by atoms with E-state index < -0.39 is 9.84 Å². The number of unbranched alkanes of at least 4 members (excludes halogenated alkanes) is 2. The van der Waals surface area contributed by atoms with Crippen LogP contribution in [0.1, 0.15) is 46.0 Å². The van der Waals surface area contributed by atoms with Crippen LogP contribution in [-0.4, -0.2) is 39.8 Å². The van der Waals surface area contributed by atoms with Gasteiger partial charge in [-0.15, -0.1) is 0 Å². The van der Waals surface area contributed by atoms with Gasteiger partial charge in [-0.3, -0.25) is 4.99 Å². The van der Waals surface area contributed by atoms with Gasteiger partial charge in [0.15, 0.2) is 15.8 Å². The van der Waals surface area contributed by atoms with Crippen molar-refractivity contribution in [1.29, 1.82) is 0 Å². The lowest BCUT2D eigenvalue weighted by atomic mass is 10.1. The zero-order valence-corrected chi connectivity index (χ0v) is 15.9. The Morgan fingerprint density at radius 3 is 2.50 bits per heavy atom. The van der Waals surface area contributed by atoms with Crippen LogP contribution in [0, 0.1) is 0 Å². The second-order valence-electron chi connectivity index (χ2n) is 6.03. The average molecular weight is 354 g/mol. The Bertz CT molecular complexity index is 586. The fraction of sp³-hybridized carbons (Fsp3) is 0.611. The van der Waals surface area contributed by atoms with Crippen molar-refractivity contribution in [3.63, 3.8) is 0 Å². The van der Waals surface area contributed by atoms with E-state index in [1.54, 1.807) is 31.3 Å². The van der Waals surface area contributed by atoms with Crippen molar-refractivity contribution >= 4 is 15.8 Å². The molecule has 0 saturated heterocycles. The highest BCUT2D eigenvalue weighted by atomic mass is 32.2. The first-order valence-electron chi connectivity index (χ1n) is 8.74. The maximum absolute atomic E-state index is 12.2. The van der Waals surface area contributed by atoms with E-state index in [0.717, 1.165) is 12.4 Å². The number of nitrogens with zero attached hydrogens (tertiary/aromatic N) is 1. The minimum Gasteiger partial charge on any atom is -0.356 e. The van der Waals surface area contributed by atoms with Crippen LogP contribution < -0.4 is 10.6 Å². The molecule has 1 atom stereocenters. The molecular formula is C18H31N3O2S. The van der Waals surface area contributed by atoms with E-state index in [1.165, 1.54) is 19.3 Å². The third-order valence-corrected chi connectivity index (χ3v) is 5.65. The van der Waals surface area contributed by atoms with Crippen LogP contribution in [0.2, 0.25) is 0 Å². The fourth-order valence-corrected chi connectivity index (χ4v) is 3.75. The molecule has 0 radical (unpaired) electrons. The topological polar surface area (TPSA) is 70.6 Å². The maximum atomic E-state index is 12.2. The summed E-state index contributed by atoms with van der Waals surface area (Å²) in [5.41, 5.74) is 0. The van der Waals surface area contributed by atoms with E-state index in [-0.39, 0.29) is 5.75 Å². The van der Waals surface area contributed by atoms with Crippen molar-refractivity contribution in [1.82, 2.24) is 10.6 Å². The van der Waals surface area contributed by atoms with E-state index in [4.69, 9.17) is 0 Å². The summed E-state index contributed by atoms with van der Waals surface area (Å²) in [6, 6.07) is 8.95. The number of hydrogen-bond donors (Lipinski definition) is 2. The van der Waals surface area contributed by atoms with E-state index in [9.17, 15) is 8.42 Å². The van der Waals surface area contributed by atoms with Crippen molar-refractivity contribution in [2.24, 2.45) is 4.99 Å². The first kappa shape index (κ1) is 20.5. The van der Waals surface area contributed by atoms with E-state index in [2.05, 4.69) is 29.5 Å². The van der Waals surface area contributed by atoms with E-state index >= 15 is 0 Å². The van der Waals surface area contributed by atoms with Crippen molar-refractivity contribution in [2.45, 2.75) is 56.9 Å². The lowest BCUT2D eigenvalue weighted by Crippen LogP contribution is -2.42. The summed E-state index contributed by atoms with van der Waals surface area (Å²) < 4.78 is 24.4. The largest absolute Gasteiger partial charge is 0.356 e. The third-order valence-electron chi connectivity index (χ3n) is 3.83. The standard InChI is InChI=1S/C18H31N3O2S/c1-4-5-7-11-16(2)21-18(19-3)20-14-10-15-24(22,23)17-12-8-6-9-13-17/h6,8-9,12-13,16H,4-5,7,10-11,14-15H2,1-3H3,(H2,19,20,21). The smallest absolute Gasteiger partial charge is 0.191 e. The summed E-state index contributed by atoms with van der Waals surface area (Å²) in [4.78, 5) is 4.58. The van der Waals surface area contributed by atoms with Gasteiger partial charge in [0, 0.05) is 19.6 Å². The molecule has 0 fully saturated rings. The molecule has 0 amide bonds.